The van der Waals surface area contributed by atoms with Crippen molar-refractivity contribution in [1.82, 2.24) is 15.4 Å². The average molecular weight is 434 g/mol. The molecule has 1 aromatic heterocycles. The van der Waals surface area contributed by atoms with E-state index in [1.807, 2.05) is 42.5 Å². The summed E-state index contributed by atoms with van der Waals surface area (Å²) in [6.07, 6.45) is 1.71. The van der Waals surface area contributed by atoms with E-state index in [2.05, 4.69) is 42.8 Å². The summed E-state index contributed by atoms with van der Waals surface area (Å²) in [6, 6.07) is 17.6. The average Bonchev–Trinajstić information content (AvgIpc) is 2.84. The van der Waals surface area contributed by atoms with Crippen LogP contribution in [0.2, 0.25) is 0 Å². The molecule has 1 aliphatic rings. The van der Waals surface area contributed by atoms with Gasteiger partial charge in [-0.3, -0.25) is 15.6 Å². The highest BCUT2D eigenvalue weighted by Crippen LogP contribution is 2.28. The summed E-state index contributed by atoms with van der Waals surface area (Å²) in [5.41, 5.74) is 14.3. The number of nitrogens with two attached hydrogens (primary N) is 1. The number of methoxy groups -OCH3 is 1. The number of hydrogen-bond acceptors (Lipinski definition) is 8. The first-order valence-corrected chi connectivity index (χ1v) is 10.5. The molecule has 166 valence electrons. The zero-order valence-electron chi connectivity index (χ0n) is 18.0. The number of rotatable bonds is 7. The van der Waals surface area contributed by atoms with E-state index >= 15 is 0 Å². The third kappa shape index (κ3) is 5.00. The predicted octanol–water partition coefficient (Wildman–Crippen LogP) is 2.08. The molecule has 2 aromatic carbocycles. The lowest BCUT2D eigenvalue weighted by molar-refractivity contribution is -0.119. The summed E-state index contributed by atoms with van der Waals surface area (Å²) in [7, 11) is 1.66. The van der Waals surface area contributed by atoms with Crippen LogP contribution in [0.25, 0.3) is 0 Å². The van der Waals surface area contributed by atoms with Gasteiger partial charge in [0.15, 0.2) is 11.6 Å². The number of hydrazine groups is 1. The van der Waals surface area contributed by atoms with E-state index in [0.717, 1.165) is 43.2 Å². The number of aromatic nitrogens is 2. The summed E-state index contributed by atoms with van der Waals surface area (Å²) < 4.78 is 5.23. The summed E-state index contributed by atoms with van der Waals surface area (Å²) in [6.45, 7) is 3.22. The van der Waals surface area contributed by atoms with Gasteiger partial charge in [0.25, 0.3) is 0 Å². The maximum atomic E-state index is 12.2. The number of carbonyl (C=O) groups is 1. The molecule has 0 aliphatic carbocycles. The fourth-order valence-corrected chi connectivity index (χ4v) is 3.66. The molecule has 0 bridgehead atoms. The highest BCUT2D eigenvalue weighted by Gasteiger charge is 2.21. The lowest BCUT2D eigenvalue weighted by atomic mass is 10.1. The molecule has 9 heteroatoms. The lowest BCUT2D eigenvalue weighted by Gasteiger charge is -2.37. The molecule has 1 fully saturated rings. The fourth-order valence-electron chi connectivity index (χ4n) is 3.66. The Bertz CT molecular complexity index is 1040. The third-order valence-corrected chi connectivity index (χ3v) is 5.41. The Morgan fingerprint density at radius 3 is 2.38 bits per heavy atom. The van der Waals surface area contributed by atoms with Crippen LogP contribution in [0, 0.1) is 0 Å². The van der Waals surface area contributed by atoms with Crippen LogP contribution >= 0.6 is 0 Å². The van der Waals surface area contributed by atoms with Crippen LogP contribution in [0.3, 0.4) is 0 Å². The topological polar surface area (TPSA) is 109 Å². The van der Waals surface area contributed by atoms with Crippen LogP contribution < -0.4 is 31.1 Å². The molecule has 32 heavy (non-hydrogen) atoms. The molecule has 1 amide bonds. The minimum atomic E-state index is -0.177. The third-order valence-electron chi connectivity index (χ3n) is 5.41. The zero-order chi connectivity index (χ0) is 22.3. The Hall–Kier alpha value is -4.01. The Labute approximate surface area is 187 Å². The van der Waals surface area contributed by atoms with Gasteiger partial charge < -0.3 is 20.3 Å². The van der Waals surface area contributed by atoms with E-state index in [1.165, 1.54) is 6.33 Å². The number of hydrogen-bond donors (Lipinski definition) is 3. The van der Waals surface area contributed by atoms with E-state index in [0.29, 0.717) is 17.3 Å². The van der Waals surface area contributed by atoms with Crippen LogP contribution in [-0.4, -0.2) is 49.2 Å². The molecule has 0 atom stereocenters. The summed E-state index contributed by atoms with van der Waals surface area (Å²) >= 11 is 0. The number of piperazine rings is 1. The first-order chi connectivity index (χ1) is 15.6. The van der Waals surface area contributed by atoms with Gasteiger partial charge >= 0.3 is 0 Å². The van der Waals surface area contributed by atoms with Crippen molar-refractivity contribution in [1.29, 1.82) is 0 Å². The number of anilines is 4. The first-order valence-electron chi connectivity index (χ1n) is 10.5. The maximum absolute atomic E-state index is 12.2. The van der Waals surface area contributed by atoms with E-state index in [9.17, 15) is 4.79 Å². The van der Waals surface area contributed by atoms with Crippen molar-refractivity contribution >= 4 is 28.9 Å². The van der Waals surface area contributed by atoms with Crippen LogP contribution in [0.1, 0.15) is 5.56 Å². The number of nitrogen functional groups attached to an aromatic ring is 1. The Kier molecular flexibility index (Phi) is 6.54. The van der Waals surface area contributed by atoms with E-state index in [1.54, 1.807) is 7.11 Å². The van der Waals surface area contributed by atoms with Crippen molar-refractivity contribution in [3.8, 4) is 5.75 Å². The van der Waals surface area contributed by atoms with Gasteiger partial charge in [-0.05, 0) is 29.8 Å². The van der Waals surface area contributed by atoms with Crippen molar-refractivity contribution in [2.45, 2.75) is 6.42 Å². The maximum Gasteiger partial charge on any atom is 0.242 e. The predicted molar refractivity (Wildman–Crippen MR) is 126 cm³/mol. The van der Waals surface area contributed by atoms with Crippen molar-refractivity contribution in [3.05, 3.63) is 66.5 Å². The second-order valence-corrected chi connectivity index (χ2v) is 7.47. The van der Waals surface area contributed by atoms with Crippen molar-refractivity contribution in [3.63, 3.8) is 0 Å². The molecule has 0 unspecified atom stereocenters. The number of nitrogens with one attached hydrogen (secondary N) is 2. The lowest BCUT2D eigenvalue weighted by Crippen LogP contribution is -2.47. The van der Waals surface area contributed by atoms with E-state index < -0.39 is 0 Å². The number of benzene rings is 2. The van der Waals surface area contributed by atoms with Gasteiger partial charge in [-0.25, -0.2) is 9.97 Å². The fraction of sp³-hybridized carbons (Fsp3) is 0.261. The Balaban J connectivity index is 1.34. The second-order valence-electron chi connectivity index (χ2n) is 7.47. The number of nitrogens with zero attached hydrogens (tertiary/aromatic N) is 4. The van der Waals surface area contributed by atoms with Gasteiger partial charge in [0.2, 0.25) is 5.91 Å². The smallest absolute Gasteiger partial charge is 0.242 e. The monoisotopic (exact) mass is 433 g/mol. The molecule has 3 aromatic rings. The highest BCUT2D eigenvalue weighted by molar-refractivity contribution is 5.82. The second kappa shape index (κ2) is 9.86. The van der Waals surface area contributed by atoms with Gasteiger partial charge in [-0.1, -0.05) is 30.3 Å². The molecule has 2 heterocycles. The highest BCUT2D eigenvalue weighted by atomic mass is 16.5. The van der Waals surface area contributed by atoms with Crippen LogP contribution in [0.15, 0.2) is 60.9 Å². The zero-order valence-corrected chi connectivity index (χ0v) is 18.0. The van der Waals surface area contributed by atoms with Gasteiger partial charge in [-0.15, -0.1) is 0 Å². The number of amides is 1. The molecular weight excluding hydrogens is 406 g/mol. The van der Waals surface area contributed by atoms with Crippen molar-refractivity contribution in [2.24, 2.45) is 0 Å². The minimum Gasteiger partial charge on any atom is -0.497 e. The van der Waals surface area contributed by atoms with Crippen LogP contribution in [0.5, 0.6) is 5.75 Å². The van der Waals surface area contributed by atoms with E-state index in [4.69, 9.17) is 10.5 Å². The van der Waals surface area contributed by atoms with Crippen LogP contribution in [0.4, 0.5) is 23.0 Å². The van der Waals surface area contributed by atoms with Gasteiger partial charge in [-0.2, -0.15) is 0 Å². The van der Waals surface area contributed by atoms with Gasteiger partial charge in [0, 0.05) is 31.9 Å². The Morgan fingerprint density at radius 2 is 1.69 bits per heavy atom. The molecule has 1 saturated heterocycles. The SMILES string of the molecule is COc1ccc(N2CCN(c3ncnc(NNC(=O)Cc4ccccc4)c3N)CC2)cc1. The van der Waals surface area contributed by atoms with Gasteiger partial charge in [0.1, 0.15) is 17.8 Å². The molecule has 4 N–H and O–H groups in total. The molecule has 0 saturated carbocycles. The molecule has 1 aliphatic heterocycles. The minimum absolute atomic E-state index is 0.177. The summed E-state index contributed by atoms with van der Waals surface area (Å²) in [5.74, 6) is 1.71. The van der Waals surface area contributed by atoms with Crippen molar-refractivity contribution in [2.75, 3.05) is 54.2 Å². The molecule has 0 radical (unpaired) electrons. The summed E-state index contributed by atoms with van der Waals surface area (Å²) in [4.78, 5) is 25.2. The molecular formula is C23H27N7O2. The number of ether oxygens (including phenoxy) is 1. The molecule has 9 nitrogen and oxygen atoms in total. The largest absolute Gasteiger partial charge is 0.497 e. The standard InChI is InChI=1S/C23H27N7O2/c1-32-19-9-7-18(8-10-19)29-11-13-30(14-12-29)23-21(24)22(25-16-26-23)28-27-20(31)15-17-5-3-2-4-6-17/h2-10,16H,11-15,24H2,1H3,(H,27,31)(H,25,26,28). The van der Waals surface area contributed by atoms with Gasteiger partial charge in [0.05, 0.1) is 13.5 Å². The Morgan fingerprint density at radius 1 is 1.00 bits per heavy atom. The first kappa shape index (κ1) is 21.2. The summed E-state index contributed by atoms with van der Waals surface area (Å²) in [5, 5.41) is 0. The molecule has 4 rings (SSSR count). The van der Waals surface area contributed by atoms with Crippen LogP contribution in [-0.2, 0) is 11.2 Å². The number of carbonyl (C=O) groups excluding carboxylic acids is 1. The quantitative estimate of drug-likeness (QED) is 0.486. The van der Waals surface area contributed by atoms with E-state index in [-0.39, 0.29) is 12.3 Å². The normalized spacial score (nSPS) is 13.5. The van der Waals surface area contributed by atoms with Crippen molar-refractivity contribution < 1.29 is 9.53 Å². The molecule has 0 spiro atoms.